The topological polar surface area (TPSA) is 61.8 Å². The van der Waals surface area contributed by atoms with Gasteiger partial charge in [0.2, 0.25) is 0 Å². The minimum atomic E-state index is -0.373. The fourth-order valence-electron chi connectivity index (χ4n) is 3.50. The van der Waals surface area contributed by atoms with Crippen molar-refractivity contribution >= 4 is 11.9 Å². The molecule has 0 aromatic heterocycles. The molecule has 0 aliphatic carbocycles. The van der Waals surface area contributed by atoms with Crippen molar-refractivity contribution in [2.75, 3.05) is 13.2 Å². The lowest BCUT2D eigenvalue weighted by Crippen LogP contribution is -2.11. The predicted molar refractivity (Wildman–Crippen MR) is 135 cm³/mol. The zero-order valence-electron chi connectivity index (χ0n) is 20.4. The van der Waals surface area contributed by atoms with E-state index >= 15 is 0 Å². The molecule has 0 aliphatic heterocycles. The monoisotopic (exact) mass is 466 g/mol. The van der Waals surface area contributed by atoms with Crippen molar-refractivity contribution < 1.29 is 23.8 Å². The van der Waals surface area contributed by atoms with E-state index in [1.807, 2.05) is 48.5 Å². The SMILES string of the molecule is C=CC(=O)OCCCCCCOc1ccc(CC(=O)Oc2ccc(CCCCCC)cc2)cc1. The first-order valence-electron chi connectivity index (χ1n) is 12.4. The van der Waals surface area contributed by atoms with Crippen LogP contribution in [0, 0.1) is 0 Å². The van der Waals surface area contributed by atoms with Gasteiger partial charge in [-0.1, -0.05) is 57.0 Å². The molecule has 0 spiro atoms. The van der Waals surface area contributed by atoms with Crippen molar-refractivity contribution in [2.24, 2.45) is 0 Å². The van der Waals surface area contributed by atoms with Gasteiger partial charge in [0.15, 0.2) is 0 Å². The molecule has 0 unspecified atom stereocenters. The zero-order valence-corrected chi connectivity index (χ0v) is 20.4. The summed E-state index contributed by atoms with van der Waals surface area (Å²) in [7, 11) is 0. The number of rotatable bonds is 17. The van der Waals surface area contributed by atoms with E-state index in [-0.39, 0.29) is 18.4 Å². The summed E-state index contributed by atoms with van der Waals surface area (Å²) in [5.41, 5.74) is 2.17. The molecule has 0 saturated carbocycles. The van der Waals surface area contributed by atoms with E-state index in [9.17, 15) is 9.59 Å². The average molecular weight is 467 g/mol. The minimum absolute atomic E-state index is 0.218. The molecular weight excluding hydrogens is 428 g/mol. The zero-order chi connectivity index (χ0) is 24.4. The van der Waals surface area contributed by atoms with Crippen LogP contribution in [0.4, 0.5) is 0 Å². The number of hydrogen-bond acceptors (Lipinski definition) is 5. The quantitative estimate of drug-likeness (QED) is 0.113. The van der Waals surface area contributed by atoms with E-state index in [1.165, 1.54) is 37.3 Å². The summed E-state index contributed by atoms with van der Waals surface area (Å²) < 4.78 is 16.2. The highest BCUT2D eigenvalue weighted by Crippen LogP contribution is 2.17. The Kier molecular flexibility index (Phi) is 13.2. The summed E-state index contributed by atoms with van der Waals surface area (Å²) in [5, 5.41) is 0. The lowest BCUT2D eigenvalue weighted by atomic mass is 10.1. The van der Waals surface area contributed by atoms with E-state index in [1.54, 1.807) is 0 Å². The van der Waals surface area contributed by atoms with E-state index in [4.69, 9.17) is 14.2 Å². The Labute approximate surface area is 204 Å². The highest BCUT2D eigenvalue weighted by Gasteiger charge is 2.07. The van der Waals surface area contributed by atoms with Crippen LogP contribution in [0.15, 0.2) is 61.2 Å². The number of hydrogen-bond donors (Lipinski definition) is 0. The molecule has 0 saturated heterocycles. The van der Waals surface area contributed by atoms with E-state index in [2.05, 4.69) is 13.5 Å². The van der Waals surface area contributed by atoms with Crippen LogP contribution in [-0.4, -0.2) is 25.2 Å². The summed E-state index contributed by atoms with van der Waals surface area (Å²) in [5.74, 6) is 0.720. The van der Waals surface area contributed by atoms with Gasteiger partial charge in [-0.25, -0.2) is 4.79 Å². The van der Waals surface area contributed by atoms with E-state index in [0.717, 1.165) is 43.4 Å². The van der Waals surface area contributed by atoms with Gasteiger partial charge in [0.05, 0.1) is 19.6 Å². The van der Waals surface area contributed by atoms with Gasteiger partial charge in [-0.05, 0) is 73.9 Å². The molecule has 0 atom stereocenters. The maximum atomic E-state index is 12.3. The van der Waals surface area contributed by atoms with Crippen LogP contribution in [0.5, 0.6) is 11.5 Å². The van der Waals surface area contributed by atoms with E-state index < -0.39 is 0 Å². The lowest BCUT2D eigenvalue weighted by molar-refractivity contribution is -0.138. The molecule has 2 aromatic rings. The predicted octanol–water partition coefficient (Wildman–Crippen LogP) is 6.63. The molecule has 0 bridgehead atoms. The highest BCUT2D eigenvalue weighted by atomic mass is 16.5. The Balaban J connectivity index is 1.61. The number of carbonyl (C=O) groups is 2. The molecule has 2 aromatic carbocycles. The normalized spacial score (nSPS) is 10.5. The molecule has 0 heterocycles. The largest absolute Gasteiger partial charge is 0.494 e. The van der Waals surface area contributed by atoms with Crippen molar-refractivity contribution in [3.05, 3.63) is 72.3 Å². The molecular formula is C29H38O5. The van der Waals surface area contributed by atoms with Crippen molar-refractivity contribution in [1.29, 1.82) is 0 Å². The Morgan fingerprint density at radius 1 is 0.765 bits per heavy atom. The number of aryl methyl sites for hydroxylation is 1. The smallest absolute Gasteiger partial charge is 0.330 e. The van der Waals surface area contributed by atoms with Crippen LogP contribution >= 0.6 is 0 Å². The second-order valence-electron chi connectivity index (χ2n) is 8.38. The van der Waals surface area contributed by atoms with Crippen molar-refractivity contribution in [3.8, 4) is 11.5 Å². The molecule has 0 aliphatic rings. The van der Waals surface area contributed by atoms with Gasteiger partial charge in [0.1, 0.15) is 11.5 Å². The molecule has 5 heteroatoms. The van der Waals surface area contributed by atoms with Crippen LogP contribution in [-0.2, 0) is 27.2 Å². The molecule has 0 N–H and O–H groups in total. The summed E-state index contributed by atoms with van der Waals surface area (Å²) in [4.78, 5) is 23.2. The Hall–Kier alpha value is -3.08. The number of benzene rings is 2. The Bertz CT molecular complexity index is 855. The number of ether oxygens (including phenoxy) is 3. The van der Waals surface area contributed by atoms with Crippen molar-refractivity contribution in [3.63, 3.8) is 0 Å². The number of unbranched alkanes of at least 4 members (excludes halogenated alkanes) is 6. The van der Waals surface area contributed by atoms with E-state index in [0.29, 0.717) is 19.0 Å². The van der Waals surface area contributed by atoms with Crippen LogP contribution in [0.2, 0.25) is 0 Å². The van der Waals surface area contributed by atoms with Gasteiger partial charge in [0, 0.05) is 6.08 Å². The van der Waals surface area contributed by atoms with Crippen molar-refractivity contribution in [1.82, 2.24) is 0 Å². The highest BCUT2D eigenvalue weighted by molar-refractivity contribution is 5.81. The second-order valence-corrected chi connectivity index (χ2v) is 8.38. The molecule has 34 heavy (non-hydrogen) atoms. The van der Waals surface area contributed by atoms with Gasteiger partial charge in [-0.15, -0.1) is 0 Å². The molecule has 2 rings (SSSR count). The summed E-state index contributed by atoms with van der Waals surface area (Å²) in [6.45, 7) is 6.64. The summed E-state index contributed by atoms with van der Waals surface area (Å²) >= 11 is 0. The summed E-state index contributed by atoms with van der Waals surface area (Å²) in [6.07, 6.45) is 11.2. The Morgan fingerprint density at radius 2 is 1.38 bits per heavy atom. The maximum absolute atomic E-state index is 12.3. The van der Waals surface area contributed by atoms with Gasteiger partial charge < -0.3 is 14.2 Å². The third-order valence-electron chi connectivity index (χ3n) is 5.46. The molecule has 0 radical (unpaired) electrons. The lowest BCUT2D eigenvalue weighted by Gasteiger charge is -2.08. The first kappa shape index (κ1) is 27.2. The molecule has 184 valence electrons. The first-order valence-corrected chi connectivity index (χ1v) is 12.4. The number of carbonyl (C=O) groups excluding carboxylic acids is 2. The van der Waals surface area contributed by atoms with Crippen LogP contribution in [0.3, 0.4) is 0 Å². The third kappa shape index (κ3) is 11.7. The van der Waals surface area contributed by atoms with Crippen molar-refractivity contribution in [2.45, 2.75) is 71.1 Å². The number of esters is 2. The fourth-order valence-corrected chi connectivity index (χ4v) is 3.50. The van der Waals surface area contributed by atoms with Crippen LogP contribution in [0.1, 0.15) is 69.4 Å². The Morgan fingerprint density at radius 3 is 2.06 bits per heavy atom. The van der Waals surface area contributed by atoms with Gasteiger partial charge in [0.25, 0.3) is 0 Å². The third-order valence-corrected chi connectivity index (χ3v) is 5.46. The first-order chi connectivity index (χ1) is 16.6. The van der Waals surface area contributed by atoms with Gasteiger partial charge in [-0.2, -0.15) is 0 Å². The standard InChI is InChI=1S/C29H38O5/c1-3-5-6-9-12-24-13-19-27(20-14-24)34-29(31)23-25-15-17-26(18-16-25)32-21-10-7-8-11-22-33-28(30)4-2/h4,13-20H,2-3,5-12,21-23H2,1H3. The van der Waals surface area contributed by atoms with Crippen LogP contribution in [0.25, 0.3) is 0 Å². The van der Waals surface area contributed by atoms with Gasteiger partial charge >= 0.3 is 11.9 Å². The van der Waals surface area contributed by atoms with Gasteiger partial charge in [-0.3, -0.25) is 4.79 Å². The molecule has 0 amide bonds. The fraction of sp³-hybridized carbons (Fsp3) is 0.448. The molecule has 0 fully saturated rings. The maximum Gasteiger partial charge on any atom is 0.330 e. The second kappa shape index (κ2) is 16.5. The molecule has 5 nitrogen and oxygen atoms in total. The minimum Gasteiger partial charge on any atom is -0.494 e. The summed E-state index contributed by atoms with van der Waals surface area (Å²) in [6, 6.07) is 15.4. The van der Waals surface area contributed by atoms with Crippen LogP contribution < -0.4 is 9.47 Å². The average Bonchev–Trinajstić information content (AvgIpc) is 2.85.